The fourth-order valence-corrected chi connectivity index (χ4v) is 1.82. The first kappa shape index (κ1) is 15.4. The van der Waals surface area contributed by atoms with Crippen LogP contribution in [0.5, 0.6) is 5.88 Å². The summed E-state index contributed by atoms with van der Waals surface area (Å²) >= 11 is 0. The van der Waals surface area contributed by atoms with Crippen molar-refractivity contribution in [2.75, 3.05) is 11.9 Å². The Balaban J connectivity index is 2.06. The molecule has 0 saturated carbocycles. The van der Waals surface area contributed by atoms with Gasteiger partial charge in [-0.2, -0.15) is 4.98 Å². The standard InChI is InChI=1S/C16H23N3O2/c1-4-6-14-18-15(17-10-13-7-5-8-20-13)9-16(19-14)21-11-12(2)3/h5,7-9,12H,4,6,10-11H2,1-3H3,(H,17,18,19). The van der Waals surface area contributed by atoms with E-state index in [-0.39, 0.29) is 0 Å². The molecule has 0 aliphatic carbocycles. The van der Waals surface area contributed by atoms with Gasteiger partial charge in [-0.05, 0) is 24.5 Å². The highest BCUT2D eigenvalue weighted by Gasteiger charge is 2.07. The summed E-state index contributed by atoms with van der Waals surface area (Å²) in [5, 5.41) is 3.25. The van der Waals surface area contributed by atoms with Crippen LogP contribution in [0.1, 0.15) is 38.8 Å². The summed E-state index contributed by atoms with van der Waals surface area (Å²) in [5.41, 5.74) is 0. The molecule has 114 valence electrons. The van der Waals surface area contributed by atoms with Crippen molar-refractivity contribution in [2.45, 2.75) is 40.2 Å². The quantitative estimate of drug-likeness (QED) is 0.803. The monoisotopic (exact) mass is 289 g/mol. The van der Waals surface area contributed by atoms with E-state index in [1.807, 2.05) is 18.2 Å². The summed E-state index contributed by atoms with van der Waals surface area (Å²) < 4.78 is 11.0. The molecule has 0 aliphatic heterocycles. The average molecular weight is 289 g/mol. The normalized spacial score (nSPS) is 10.9. The first-order chi connectivity index (χ1) is 10.2. The number of furan rings is 1. The van der Waals surface area contributed by atoms with Crippen molar-refractivity contribution in [1.82, 2.24) is 9.97 Å². The van der Waals surface area contributed by atoms with E-state index in [0.29, 0.717) is 24.9 Å². The van der Waals surface area contributed by atoms with E-state index in [0.717, 1.165) is 30.2 Å². The van der Waals surface area contributed by atoms with Crippen molar-refractivity contribution >= 4 is 5.82 Å². The molecular weight excluding hydrogens is 266 g/mol. The molecular formula is C16H23N3O2. The number of nitrogens with zero attached hydrogens (tertiary/aromatic N) is 2. The van der Waals surface area contributed by atoms with Gasteiger partial charge >= 0.3 is 0 Å². The van der Waals surface area contributed by atoms with E-state index in [1.165, 1.54) is 0 Å². The maximum absolute atomic E-state index is 5.72. The van der Waals surface area contributed by atoms with Crippen molar-refractivity contribution in [3.05, 3.63) is 36.0 Å². The summed E-state index contributed by atoms with van der Waals surface area (Å²) in [5.74, 6) is 3.54. The molecule has 0 atom stereocenters. The number of anilines is 1. The van der Waals surface area contributed by atoms with Crippen LogP contribution < -0.4 is 10.1 Å². The van der Waals surface area contributed by atoms with Crippen LogP contribution in [0.3, 0.4) is 0 Å². The summed E-state index contributed by atoms with van der Waals surface area (Å²) in [4.78, 5) is 8.95. The Morgan fingerprint density at radius 1 is 1.33 bits per heavy atom. The molecule has 0 saturated heterocycles. The van der Waals surface area contributed by atoms with Gasteiger partial charge in [-0.25, -0.2) is 4.98 Å². The van der Waals surface area contributed by atoms with E-state index in [2.05, 4.69) is 36.1 Å². The van der Waals surface area contributed by atoms with Gasteiger partial charge in [-0.15, -0.1) is 0 Å². The first-order valence-electron chi connectivity index (χ1n) is 7.44. The molecule has 5 heteroatoms. The molecule has 0 bridgehead atoms. The maximum Gasteiger partial charge on any atom is 0.218 e. The molecule has 0 spiro atoms. The molecule has 0 unspecified atom stereocenters. The second-order valence-electron chi connectivity index (χ2n) is 5.40. The van der Waals surface area contributed by atoms with Crippen LogP contribution in [0.15, 0.2) is 28.9 Å². The van der Waals surface area contributed by atoms with Crippen molar-refractivity contribution in [2.24, 2.45) is 5.92 Å². The van der Waals surface area contributed by atoms with Crippen LogP contribution in [0.25, 0.3) is 0 Å². The van der Waals surface area contributed by atoms with E-state index in [4.69, 9.17) is 9.15 Å². The topological polar surface area (TPSA) is 60.2 Å². The third-order valence-corrected chi connectivity index (χ3v) is 2.81. The van der Waals surface area contributed by atoms with Gasteiger partial charge in [0.1, 0.15) is 17.4 Å². The largest absolute Gasteiger partial charge is 0.477 e. The third kappa shape index (κ3) is 5.10. The van der Waals surface area contributed by atoms with Crippen LogP contribution >= 0.6 is 0 Å². The number of aryl methyl sites for hydroxylation is 1. The van der Waals surface area contributed by atoms with Gasteiger partial charge in [0.05, 0.1) is 19.4 Å². The van der Waals surface area contributed by atoms with E-state index in [1.54, 1.807) is 6.26 Å². The van der Waals surface area contributed by atoms with Crippen molar-refractivity contribution < 1.29 is 9.15 Å². The zero-order valence-corrected chi connectivity index (χ0v) is 12.9. The summed E-state index contributed by atoms with van der Waals surface area (Å²) in [6, 6.07) is 5.64. The SMILES string of the molecule is CCCc1nc(NCc2ccco2)cc(OCC(C)C)n1. The Labute approximate surface area is 125 Å². The molecule has 2 rings (SSSR count). The van der Waals surface area contributed by atoms with E-state index < -0.39 is 0 Å². The van der Waals surface area contributed by atoms with Crippen molar-refractivity contribution in [3.8, 4) is 5.88 Å². The van der Waals surface area contributed by atoms with Crippen LogP contribution in [-0.2, 0) is 13.0 Å². The van der Waals surface area contributed by atoms with Crippen LogP contribution in [0.2, 0.25) is 0 Å². The molecule has 0 amide bonds. The predicted molar refractivity (Wildman–Crippen MR) is 82.4 cm³/mol. The number of rotatable bonds is 8. The minimum Gasteiger partial charge on any atom is -0.477 e. The number of aromatic nitrogens is 2. The smallest absolute Gasteiger partial charge is 0.218 e. The first-order valence-corrected chi connectivity index (χ1v) is 7.44. The molecule has 21 heavy (non-hydrogen) atoms. The average Bonchev–Trinajstić information content (AvgIpc) is 2.96. The molecule has 2 aromatic rings. The van der Waals surface area contributed by atoms with Crippen molar-refractivity contribution in [3.63, 3.8) is 0 Å². The van der Waals surface area contributed by atoms with Crippen LogP contribution in [-0.4, -0.2) is 16.6 Å². The Morgan fingerprint density at radius 2 is 2.19 bits per heavy atom. The molecule has 0 aromatic carbocycles. The predicted octanol–water partition coefficient (Wildman–Crippen LogP) is 3.67. The van der Waals surface area contributed by atoms with Gasteiger partial charge < -0.3 is 14.5 Å². The number of ether oxygens (including phenoxy) is 1. The Hall–Kier alpha value is -2.04. The lowest BCUT2D eigenvalue weighted by Gasteiger charge is -2.11. The zero-order valence-electron chi connectivity index (χ0n) is 12.9. The van der Waals surface area contributed by atoms with Crippen LogP contribution in [0, 0.1) is 5.92 Å². The van der Waals surface area contributed by atoms with Gasteiger partial charge in [-0.1, -0.05) is 20.8 Å². The molecule has 0 radical (unpaired) electrons. The molecule has 0 aliphatic rings. The van der Waals surface area contributed by atoms with Gasteiger partial charge in [0.25, 0.3) is 0 Å². The van der Waals surface area contributed by atoms with Gasteiger partial charge in [0.2, 0.25) is 5.88 Å². The second-order valence-corrected chi connectivity index (χ2v) is 5.40. The minimum atomic E-state index is 0.467. The summed E-state index contributed by atoms with van der Waals surface area (Å²) in [7, 11) is 0. The number of hydrogen-bond acceptors (Lipinski definition) is 5. The van der Waals surface area contributed by atoms with E-state index in [9.17, 15) is 0 Å². The third-order valence-electron chi connectivity index (χ3n) is 2.81. The summed E-state index contributed by atoms with van der Waals surface area (Å²) in [6.45, 7) is 7.59. The Bertz CT molecular complexity index is 538. The molecule has 2 aromatic heterocycles. The van der Waals surface area contributed by atoms with E-state index >= 15 is 0 Å². The van der Waals surface area contributed by atoms with Gasteiger partial charge in [0, 0.05) is 12.5 Å². The van der Waals surface area contributed by atoms with Gasteiger partial charge in [-0.3, -0.25) is 0 Å². The van der Waals surface area contributed by atoms with Gasteiger partial charge in [0.15, 0.2) is 0 Å². The van der Waals surface area contributed by atoms with Crippen LogP contribution in [0.4, 0.5) is 5.82 Å². The molecule has 0 fully saturated rings. The highest BCUT2D eigenvalue weighted by atomic mass is 16.5. The lowest BCUT2D eigenvalue weighted by Crippen LogP contribution is -2.09. The highest BCUT2D eigenvalue weighted by molar-refractivity contribution is 5.38. The van der Waals surface area contributed by atoms with Crippen molar-refractivity contribution in [1.29, 1.82) is 0 Å². The maximum atomic E-state index is 5.72. The lowest BCUT2D eigenvalue weighted by molar-refractivity contribution is 0.260. The molecule has 2 heterocycles. The highest BCUT2D eigenvalue weighted by Crippen LogP contribution is 2.16. The Kier molecular flexibility index (Phi) is 5.60. The fraction of sp³-hybridized carbons (Fsp3) is 0.500. The number of hydrogen-bond donors (Lipinski definition) is 1. The minimum absolute atomic E-state index is 0.467. The lowest BCUT2D eigenvalue weighted by atomic mass is 10.2. The summed E-state index contributed by atoms with van der Waals surface area (Å²) in [6.07, 6.45) is 3.51. The molecule has 5 nitrogen and oxygen atoms in total. The zero-order chi connectivity index (χ0) is 15.1. The number of nitrogens with one attached hydrogen (secondary N) is 1. The fourth-order valence-electron chi connectivity index (χ4n) is 1.82. The Morgan fingerprint density at radius 3 is 2.86 bits per heavy atom. The molecule has 1 N–H and O–H groups in total. The second kappa shape index (κ2) is 7.67.